The van der Waals surface area contributed by atoms with Gasteiger partial charge in [-0.05, 0) is 38.1 Å². The van der Waals surface area contributed by atoms with Crippen LogP contribution in [0.1, 0.15) is 25.7 Å². The Morgan fingerprint density at radius 3 is 2.81 bits per heavy atom. The van der Waals surface area contributed by atoms with Gasteiger partial charge >= 0.3 is 0 Å². The first-order valence-electron chi connectivity index (χ1n) is 6.32. The highest BCUT2D eigenvalue weighted by Crippen LogP contribution is 2.24. The Hall–Kier alpha value is -0.610. The number of nitrogens with zero attached hydrogens (tertiary/aromatic N) is 2. The normalized spacial score (nSPS) is 32.4. The second-order valence-electron chi connectivity index (χ2n) is 5.08. The van der Waals surface area contributed by atoms with Crippen LogP contribution in [0.3, 0.4) is 0 Å². The fourth-order valence-electron chi connectivity index (χ4n) is 2.94. The van der Waals surface area contributed by atoms with E-state index in [1.54, 1.807) is 0 Å². The van der Waals surface area contributed by atoms with Crippen molar-refractivity contribution < 1.29 is 9.90 Å². The van der Waals surface area contributed by atoms with Gasteiger partial charge in [0.15, 0.2) is 0 Å². The van der Waals surface area contributed by atoms with Gasteiger partial charge in [0.05, 0.1) is 6.04 Å². The van der Waals surface area contributed by atoms with Gasteiger partial charge in [-0.3, -0.25) is 9.69 Å². The van der Waals surface area contributed by atoms with E-state index >= 15 is 0 Å². The Kier molecular flexibility index (Phi) is 3.82. The predicted molar refractivity (Wildman–Crippen MR) is 62.0 cm³/mol. The van der Waals surface area contributed by atoms with Crippen molar-refractivity contribution >= 4 is 5.91 Å². The summed E-state index contributed by atoms with van der Waals surface area (Å²) in [5.74, 6) is 0.863. The van der Waals surface area contributed by atoms with Crippen LogP contribution in [0.15, 0.2) is 0 Å². The number of aliphatic hydroxyl groups is 1. The average molecular weight is 226 g/mol. The van der Waals surface area contributed by atoms with Gasteiger partial charge in [0.2, 0.25) is 5.91 Å². The van der Waals surface area contributed by atoms with E-state index in [0.29, 0.717) is 5.92 Å². The van der Waals surface area contributed by atoms with Gasteiger partial charge < -0.3 is 10.0 Å². The minimum Gasteiger partial charge on any atom is -0.396 e. The maximum atomic E-state index is 11.9. The van der Waals surface area contributed by atoms with E-state index in [9.17, 15) is 4.79 Å². The van der Waals surface area contributed by atoms with E-state index in [1.807, 2.05) is 11.9 Å². The average Bonchev–Trinajstić information content (AvgIpc) is 2.61. The molecule has 0 radical (unpaired) electrons. The summed E-state index contributed by atoms with van der Waals surface area (Å²) in [6.07, 6.45) is 4.22. The van der Waals surface area contributed by atoms with Crippen LogP contribution in [0.25, 0.3) is 0 Å². The van der Waals surface area contributed by atoms with Crippen LogP contribution >= 0.6 is 0 Å². The second-order valence-corrected chi connectivity index (χ2v) is 5.08. The summed E-state index contributed by atoms with van der Waals surface area (Å²) in [5.41, 5.74) is 0. The summed E-state index contributed by atoms with van der Waals surface area (Å²) in [6.45, 7) is 3.21. The summed E-state index contributed by atoms with van der Waals surface area (Å²) in [4.78, 5) is 16.1. The molecule has 0 saturated carbocycles. The van der Waals surface area contributed by atoms with Gasteiger partial charge in [-0.2, -0.15) is 0 Å². The first-order valence-corrected chi connectivity index (χ1v) is 6.32. The number of aliphatic hydroxyl groups excluding tert-OH is 1. The maximum Gasteiger partial charge on any atom is 0.239 e. The van der Waals surface area contributed by atoms with Gasteiger partial charge in [-0.1, -0.05) is 0 Å². The number of hydrogen-bond donors (Lipinski definition) is 1. The molecule has 0 aromatic heterocycles. The maximum absolute atomic E-state index is 11.9. The zero-order valence-corrected chi connectivity index (χ0v) is 10.1. The molecule has 0 aliphatic carbocycles. The number of carbonyl (C=O) groups excluding carboxylic acids is 1. The van der Waals surface area contributed by atoms with Gasteiger partial charge in [0.25, 0.3) is 0 Å². The number of likely N-dealkylation sites (tertiary alicyclic amines) is 2. The van der Waals surface area contributed by atoms with Crippen LogP contribution in [-0.4, -0.2) is 60.1 Å². The zero-order chi connectivity index (χ0) is 11.5. The quantitative estimate of drug-likeness (QED) is 0.753. The third-order valence-electron chi connectivity index (χ3n) is 3.93. The Balaban J connectivity index is 1.91. The van der Waals surface area contributed by atoms with E-state index in [4.69, 9.17) is 5.11 Å². The molecule has 2 aliphatic heterocycles. The largest absolute Gasteiger partial charge is 0.396 e. The van der Waals surface area contributed by atoms with Crippen molar-refractivity contribution in [2.24, 2.45) is 5.92 Å². The molecule has 0 spiro atoms. The van der Waals surface area contributed by atoms with Crippen molar-refractivity contribution in [1.82, 2.24) is 9.80 Å². The van der Waals surface area contributed by atoms with E-state index in [0.717, 1.165) is 38.9 Å². The first-order chi connectivity index (χ1) is 7.72. The second kappa shape index (κ2) is 5.15. The minimum absolute atomic E-state index is 0.117. The van der Waals surface area contributed by atoms with Crippen LogP contribution < -0.4 is 0 Å². The van der Waals surface area contributed by atoms with Gasteiger partial charge in [-0.15, -0.1) is 0 Å². The molecule has 2 fully saturated rings. The first kappa shape index (κ1) is 11.9. The number of piperidine rings is 1. The molecule has 0 aromatic rings. The summed E-state index contributed by atoms with van der Waals surface area (Å²) in [5, 5.41) is 8.97. The lowest BCUT2D eigenvalue weighted by molar-refractivity contribution is -0.131. The summed E-state index contributed by atoms with van der Waals surface area (Å²) in [6, 6.07) is 0.117. The standard InChI is InChI=1S/C12H22N2O2/c1-13-7-4-11(12(13)16)14-6-2-3-10(9-14)5-8-15/h10-11,15H,2-9H2,1H3. The van der Waals surface area contributed by atoms with Gasteiger partial charge in [0.1, 0.15) is 0 Å². The van der Waals surface area contributed by atoms with E-state index in [2.05, 4.69) is 4.90 Å². The molecule has 2 heterocycles. The molecule has 2 saturated heterocycles. The topological polar surface area (TPSA) is 43.8 Å². The number of rotatable bonds is 3. The number of likely N-dealkylation sites (N-methyl/N-ethyl adjacent to an activating group) is 1. The SMILES string of the molecule is CN1CCC(N2CCCC(CCO)C2)C1=O. The Labute approximate surface area is 97.2 Å². The van der Waals surface area contributed by atoms with Crippen LogP contribution in [0.4, 0.5) is 0 Å². The highest BCUT2D eigenvalue weighted by molar-refractivity contribution is 5.83. The molecule has 2 aliphatic rings. The van der Waals surface area contributed by atoms with Crippen molar-refractivity contribution in [3.8, 4) is 0 Å². The van der Waals surface area contributed by atoms with Crippen molar-refractivity contribution in [2.45, 2.75) is 31.7 Å². The highest BCUT2D eigenvalue weighted by atomic mass is 16.3. The van der Waals surface area contributed by atoms with Crippen LogP contribution in [0.2, 0.25) is 0 Å². The molecule has 0 aromatic carbocycles. The van der Waals surface area contributed by atoms with E-state index in [1.165, 1.54) is 6.42 Å². The third kappa shape index (κ3) is 2.38. The fourth-order valence-corrected chi connectivity index (χ4v) is 2.94. The molecular formula is C12H22N2O2. The zero-order valence-electron chi connectivity index (χ0n) is 10.1. The van der Waals surface area contributed by atoms with Crippen LogP contribution in [0.5, 0.6) is 0 Å². The van der Waals surface area contributed by atoms with Crippen molar-refractivity contribution in [2.75, 3.05) is 33.3 Å². The minimum atomic E-state index is 0.117. The lowest BCUT2D eigenvalue weighted by Crippen LogP contribution is -2.46. The van der Waals surface area contributed by atoms with E-state index < -0.39 is 0 Å². The van der Waals surface area contributed by atoms with Crippen molar-refractivity contribution in [3.05, 3.63) is 0 Å². The van der Waals surface area contributed by atoms with Gasteiger partial charge in [0, 0.05) is 26.7 Å². The lowest BCUT2D eigenvalue weighted by atomic mass is 9.94. The van der Waals surface area contributed by atoms with Crippen LogP contribution in [0, 0.1) is 5.92 Å². The highest BCUT2D eigenvalue weighted by Gasteiger charge is 2.35. The molecular weight excluding hydrogens is 204 g/mol. The molecule has 1 amide bonds. The molecule has 2 rings (SSSR count). The smallest absolute Gasteiger partial charge is 0.239 e. The number of hydrogen-bond acceptors (Lipinski definition) is 3. The van der Waals surface area contributed by atoms with Crippen LogP contribution in [-0.2, 0) is 4.79 Å². The molecule has 4 heteroatoms. The Morgan fingerprint density at radius 1 is 1.38 bits per heavy atom. The number of carbonyl (C=O) groups is 1. The molecule has 92 valence electrons. The molecule has 2 unspecified atom stereocenters. The van der Waals surface area contributed by atoms with E-state index in [-0.39, 0.29) is 18.6 Å². The van der Waals surface area contributed by atoms with Crippen molar-refractivity contribution in [3.63, 3.8) is 0 Å². The van der Waals surface area contributed by atoms with Crippen molar-refractivity contribution in [1.29, 1.82) is 0 Å². The molecule has 0 bridgehead atoms. The number of amides is 1. The predicted octanol–water partition coefficient (Wildman–Crippen LogP) is 0.311. The summed E-state index contributed by atoms with van der Waals surface area (Å²) < 4.78 is 0. The molecule has 1 N–H and O–H groups in total. The lowest BCUT2D eigenvalue weighted by Gasteiger charge is -2.35. The fraction of sp³-hybridized carbons (Fsp3) is 0.917. The van der Waals surface area contributed by atoms with Gasteiger partial charge in [-0.25, -0.2) is 0 Å². The Bertz CT molecular complexity index is 255. The molecule has 2 atom stereocenters. The Morgan fingerprint density at radius 2 is 2.19 bits per heavy atom. The molecule has 16 heavy (non-hydrogen) atoms. The summed E-state index contributed by atoms with van der Waals surface area (Å²) in [7, 11) is 1.89. The molecule has 4 nitrogen and oxygen atoms in total. The summed E-state index contributed by atoms with van der Waals surface area (Å²) >= 11 is 0. The third-order valence-corrected chi connectivity index (χ3v) is 3.93. The monoisotopic (exact) mass is 226 g/mol.